The first-order chi connectivity index (χ1) is 7.57. The van der Waals surface area contributed by atoms with Crippen molar-refractivity contribution < 1.29 is 9.53 Å². The van der Waals surface area contributed by atoms with Crippen LogP contribution in [-0.2, 0) is 15.1 Å². The number of ether oxygens (including phenoxy) is 1. The van der Waals surface area contributed by atoms with E-state index in [1.807, 2.05) is 31.2 Å². The minimum Gasteiger partial charge on any atom is -0.450 e. The monoisotopic (exact) mass is 280 g/mol. The van der Waals surface area contributed by atoms with Crippen LogP contribution >= 0.6 is 15.9 Å². The predicted octanol–water partition coefficient (Wildman–Crippen LogP) is 3.09. The van der Waals surface area contributed by atoms with Crippen LogP contribution < -0.4 is 0 Å². The van der Waals surface area contributed by atoms with E-state index in [9.17, 15) is 4.79 Å². The molecule has 16 heavy (non-hydrogen) atoms. The lowest BCUT2D eigenvalue weighted by molar-refractivity contribution is -0.145. The number of aryl methyl sites for hydroxylation is 1. The molecule has 1 saturated heterocycles. The molecule has 0 spiro atoms. The quantitative estimate of drug-likeness (QED) is 0.473. The first-order valence-electron chi connectivity index (χ1n) is 5.12. The zero-order valence-electron chi connectivity index (χ0n) is 9.13. The minimum atomic E-state index is -0.569. The van der Waals surface area contributed by atoms with Crippen LogP contribution in [0, 0.1) is 6.92 Å². The van der Waals surface area contributed by atoms with Crippen molar-refractivity contribution in [3.8, 4) is 0 Å². The summed E-state index contributed by atoms with van der Waals surface area (Å²) in [7, 11) is 0. The summed E-state index contributed by atoms with van der Waals surface area (Å²) >= 11 is 3.43. The average Bonchev–Trinajstić information content (AvgIpc) is 2.56. The summed E-state index contributed by atoms with van der Waals surface area (Å²) in [5.74, 6) is -0.291. The molecule has 84 valence electrons. The lowest BCUT2D eigenvalue weighted by Crippen LogP contribution is -2.27. The molecule has 1 atom stereocenters. The summed E-state index contributed by atoms with van der Waals surface area (Å²) < 4.78 is 5.47. The van der Waals surface area contributed by atoms with Gasteiger partial charge in [0.2, 0.25) is 0 Å². The highest BCUT2D eigenvalue weighted by Crippen LogP contribution is 2.40. The third-order valence-electron chi connectivity index (χ3n) is 2.84. The number of carbonyl (C=O) groups excluding carboxylic acids is 1. The maximum absolute atomic E-state index is 11.5. The number of alkyl halides is 1. The fourth-order valence-electron chi connectivity index (χ4n) is 1.94. The standard InChI is InChI=1S/C13H13BrO2/c1-9-4-3-5-11(6-9)13(8-14)7-10(2)12(15)16-13/h3-6H,2,7-8H2,1H3. The molecule has 2 rings (SSSR count). The lowest BCUT2D eigenvalue weighted by atomic mass is 9.91. The van der Waals surface area contributed by atoms with E-state index in [4.69, 9.17) is 4.74 Å². The summed E-state index contributed by atoms with van der Waals surface area (Å²) in [5, 5.41) is 0.591. The summed E-state index contributed by atoms with van der Waals surface area (Å²) in [6.07, 6.45) is 0.556. The third kappa shape index (κ3) is 1.80. The van der Waals surface area contributed by atoms with Crippen molar-refractivity contribution in [1.82, 2.24) is 0 Å². The van der Waals surface area contributed by atoms with E-state index in [-0.39, 0.29) is 5.97 Å². The highest BCUT2D eigenvalue weighted by atomic mass is 79.9. The zero-order chi connectivity index (χ0) is 11.8. The highest BCUT2D eigenvalue weighted by molar-refractivity contribution is 9.09. The lowest BCUT2D eigenvalue weighted by Gasteiger charge is -2.25. The van der Waals surface area contributed by atoms with E-state index in [1.165, 1.54) is 0 Å². The number of esters is 1. The van der Waals surface area contributed by atoms with Crippen molar-refractivity contribution in [3.05, 3.63) is 47.5 Å². The number of hydrogen-bond acceptors (Lipinski definition) is 2. The first-order valence-corrected chi connectivity index (χ1v) is 6.24. The number of rotatable bonds is 2. The van der Waals surface area contributed by atoms with Crippen molar-refractivity contribution in [1.29, 1.82) is 0 Å². The number of halogens is 1. The topological polar surface area (TPSA) is 26.3 Å². The van der Waals surface area contributed by atoms with Gasteiger partial charge in [0.15, 0.2) is 5.60 Å². The molecule has 0 bridgehead atoms. The van der Waals surface area contributed by atoms with E-state index < -0.39 is 5.60 Å². The van der Waals surface area contributed by atoms with Gasteiger partial charge in [-0.05, 0) is 12.5 Å². The van der Waals surface area contributed by atoms with Gasteiger partial charge >= 0.3 is 5.97 Å². The van der Waals surface area contributed by atoms with Crippen LogP contribution in [0.5, 0.6) is 0 Å². The molecule has 1 aromatic carbocycles. The van der Waals surface area contributed by atoms with Crippen molar-refractivity contribution in [2.45, 2.75) is 18.9 Å². The molecule has 3 heteroatoms. The molecule has 0 aromatic heterocycles. The predicted molar refractivity (Wildman–Crippen MR) is 66.5 cm³/mol. The Hall–Kier alpha value is -1.09. The summed E-state index contributed by atoms with van der Waals surface area (Å²) in [5.41, 5.74) is 2.16. The van der Waals surface area contributed by atoms with Crippen molar-refractivity contribution in [3.63, 3.8) is 0 Å². The summed E-state index contributed by atoms with van der Waals surface area (Å²) in [6, 6.07) is 8.04. The van der Waals surface area contributed by atoms with Crippen LogP contribution in [0.1, 0.15) is 17.5 Å². The van der Waals surface area contributed by atoms with Gasteiger partial charge in [0.1, 0.15) is 0 Å². The Labute approximate surface area is 103 Å². The Morgan fingerprint density at radius 3 is 2.81 bits per heavy atom. The number of carbonyl (C=O) groups is 1. The van der Waals surface area contributed by atoms with Crippen LogP contribution in [0.4, 0.5) is 0 Å². The largest absolute Gasteiger partial charge is 0.450 e. The van der Waals surface area contributed by atoms with E-state index in [2.05, 4.69) is 22.5 Å². The van der Waals surface area contributed by atoms with Crippen LogP contribution in [0.25, 0.3) is 0 Å². The van der Waals surface area contributed by atoms with Gasteiger partial charge in [0.05, 0.1) is 0 Å². The SMILES string of the molecule is C=C1CC(CBr)(c2cccc(C)c2)OC1=O. The Bertz CT molecular complexity index is 435. The van der Waals surface area contributed by atoms with Gasteiger partial charge in [-0.25, -0.2) is 4.79 Å². The smallest absolute Gasteiger partial charge is 0.334 e. The number of cyclic esters (lactones) is 1. The molecule has 0 aliphatic carbocycles. The van der Waals surface area contributed by atoms with Gasteiger partial charge in [-0.15, -0.1) is 0 Å². The number of benzene rings is 1. The Morgan fingerprint density at radius 1 is 1.56 bits per heavy atom. The van der Waals surface area contributed by atoms with Gasteiger partial charge in [-0.2, -0.15) is 0 Å². The zero-order valence-corrected chi connectivity index (χ0v) is 10.7. The first kappa shape index (κ1) is 11.4. The number of hydrogen-bond donors (Lipinski definition) is 0. The average molecular weight is 281 g/mol. The Kier molecular flexibility index (Phi) is 2.89. The normalized spacial score (nSPS) is 24.6. The molecule has 1 aliphatic rings. The van der Waals surface area contributed by atoms with Crippen molar-refractivity contribution in [2.24, 2.45) is 0 Å². The third-order valence-corrected chi connectivity index (χ3v) is 3.74. The van der Waals surface area contributed by atoms with Crippen molar-refractivity contribution in [2.75, 3.05) is 5.33 Å². The van der Waals surface area contributed by atoms with E-state index >= 15 is 0 Å². The van der Waals surface area contributed by atoms with Crippen molar-refractivity contribution >= 4 is 21.9 Å². The molecule has 0 amide bonds. The molecule has 2 nitrogen and oxygen atoms in total. The molecular weight excluding hydrogens is 268 g/mol. The molecule has 1 heterocycles. The van der Waals surface area contributed by atoms with Gasteiger partial charge in [0, 0.05) is 17.3 Å². The molecular formula is C13H13BrO2. The van der Waals surface area contributed by atoms with E-state index in [0.29, 0.717) is 17.3 Å². The van der Waals surface area contributed by atoms with E-state index in [1.54, 1.807) is 0 Å². The van der Waals surface area contributed by atoms with Crippen LogP contribution in [0.2, 0.25) is 0 Å². The van der Waals surface area contributed by atoms with E-state index in [0.717, 1.165) is 11.1 Å². The maximum Gasteiger partial charge on any atom is 0.334 e. The van der Waals surface area contributed by atoms with Crippen LogP contribution in [0.15, 0.2) is 36.4 Å². The van der Waals surface area contributed by atoms with Gasteiger partial charge in [-0.1, -0.05) is 52.3 Å². The summed E-state index contributed by atoms with van der Waals surface area (Å²) in [4.78, 5) is 11.5. The van der Waals surface area contributed by atoms with Crippen LogP contribution in [-0.4, -0.2) is 11.3 Å². The molecule has 0 saturated carbocycles. The second-order valence-electron chi connectivity index (χ2n) is 4.17. The Balaban J connectivity index is 2.44. The minimum absolute atomic E-state index is 0.291. The fraction of sp³-hybridized carbons (Fsp3) is 0.308. The molecule has 1 unspecified atom stereocenters. The molecule has 0 N–H and O–H groups in total. The van der Waals surface area contributed by atoms with Crippen LogP contribution in [0.3, 0.4) is 0 Å². The maximum atomic E-state index is 11.5. The van der Waals surface area contributed by atoms with Gasteiger partial charge in [-0.3, -0.25) is 0 Å². The Morgan fingerprint density at radius 2 is 2.31 bits per heavy atom. The molecule has 0 radical (unpaired) electrons. The molecule has 1 aromatic rings. The fourth-order valence-corrected chi connectivity index (χ4v) is 2.58. The van der Waals surface area contributed by atoms with Gasteiger partial charge < -0.3 is 4.74 Å². The van der Waals surface area contributed by atoms with Gasteiger partial charge in [0.25, 0.3) is 0 Å². The summed E-state index contributed by atoms with van der Waals surface area (Å²) in [6.45, 7) is 5.76. The molecule has 1 fully saturated rings. The second kappa shape index (κ2) is 4.06. The molecule has 1 aliphatic heterocycles. The second-order valence-corrected chi connectivity index (χ2v) is 4.73. The highest BCUT2D eigenvalue weighted by Gasteiger charge is 2.43.